The zero-order chi connectivity index (χ0) is 25.6. The van der Waals surface area contributed by atoms with Crippen molar-refractivity contribution in [3.05, 3.63) is 36.0 Å². The number of methoxy groups -OCH3 is 1. The van der Waals surface area contributed by atoms with Crippen molar-refractivity contribution in [2.24, 2.45) is 0 Å². The van der Waals surface area contributed by atoms with Crippen LogP contribution in [0.4, 0.5) is 10.3 Å². The van der Waals surface area contributed by atoms with Gasteiger partial charge in [-0.25, -0.2) is 13.9 Å². The van der Waals surface area contributed by atoms with E-state index >= 15 is 4.39 Å². The van der Waals surface area contributed by atoms with E-state index in [4.69, 9.17) is 4.74 Å². The average Bonchev–Trinajstić information content (AvgIpc) is 3.40. The Balaban J connectivity index is 1.47. The number of anilines is 1. The molecule has 1 fully saturated rings. The van der Waals surface area contributed by atoms with Crippen LogP contribution in [0.25, 0.3) is 27.7 Å². The van der Waals surface area contributed by atoms with E-state index in [0.29, 0.717) is 28.4 Å². The molecule has 0 spiro atoms. The number of rotatable bonds is 6. The SMILES string of the molecule is COc1nc(N[C@H]2CC[C@@H](NC(C)=O)CC2)nn2ccc(-c3cc(F)c4nc(C)n(C(C)C)c4c3)c12. The highest BCUT2D eigenvalue weighted by Crippen LogP contribution is 2.35. The Morgan fingerprint density at radius 3 is 2.56 bits per heavy atom. The van der Waals surface area contributed by atoms with Gasteiger partial charge in [0.05, 0.1) is 12.6 Å². The lowest BCUT2D eigenvalue weighted by molar-refractivity contribution is -0.119. The van der Waals surface area contributed by atoms with E-state index in [0.717, 1.165) is 42.6 Å². The quantitative estimate of drug-likeness (QED) is 0.406. The van der Waals surface area contributed by atoms with E-state index in [-0.39, 0.29) is 29.8 Å². The number of fused-ring (bicyclic) bond motifs is 2. The van der Waals surface area contributed by atoms with E-state index < -0.39 is 0 Å². The van der Waals surface area contributed by atoms with Gasteiger partial charge in [-0.2, -0.15) is 4.98 Å². The van der Waals surface area contributed by atoms with Crippen LogP contribution in [0.3, 0.4) is 0 Å². The normalized spacial score (nSPS) is 18.2. The molecule has 5 rings (SSSR count). The molecule has 0 aliphatic heterocycles. The third-order valence-electron chi connectivity index (χ3n) is 6.89. The molecule has 9 nitrogen and oxygen atoms in total. The molecule has 0 atom stereocenters. The summed E-state index contributed by atoms with van der Waals surface area (Å²) in [6, 6.07) is 5.96. The smallest absolute Gasteiger partial charge is 0.244 e. The number of nitrogens with zero attached hydrogens (tertiary/aromatic N) is 5. The Labute approximate surface area is 209 Å². The maximum absolute atomic E-state index is 15.1. The van der Waals surface area contributed by atoms with E-state index in [1.807, 2.05) is 29.8 Å². The number of nitrogens with one attached hydrogen (secondary N) is 2. The predicted octanol–water partition coefficient (Wildman–Crippen LogP) is 4.64. The molecule has 1 aliphatic carbocycles. The largest absolute Gasteiger partial charge is 0.479 e. The van der Waals surface area contributed by atoms with Crippen molar-refractivity contribution < 1.29 is 13.9 Å². The first-order valence-electron chi connectivity index (χ1n) is 12.4. The van der Waals surface area contributed by atoms with Crippen LogP contribution in [0.15, 0.2) is 24.4 Å². The van der Waals surface area contributed by atoms with Crippen molar-refractivity contribution in [2.75, 3.05) is 12.4 Å². The Kier molecular flexibility index (Phi) is 6.27. The number of amides is 1. The number of imidazole rings is 1. The summed E-state index contributed by atoms with van der Waals surface area (Å²) in [6.45, 7) is 7.57. The summed E-state index contributed by atoms with van der Waals surface area (Å²) in [5.41, 5.74) is 3.29. The van der Waals surface area contributed by atoms with E-state index in [9.17, 15) is 4.79 Å². The Bertz CT molecular complexity index is 1430. The monoisotopic (exact) mass is 493 g/mol. The minimum atomic E-state index is -0.364. The Morgan fingerprint density at radius 2 is 1.89 bits per heavy atom. The van der Waals surface area contributed by atoms with Gasteiger partial charge in [-0.05, 0) is 70.2 Å². The van der Waals surface area contributed by atoms with Crippen LogP contribution in [0.2, 0.25) is 0 Å². The predicted molar refractivity (Wildman–Crippen MR) is 137 cm³/mol. The number of hydrogen-bond acceptors (Lipinski definition) is 6. The summed E-state index contributed by atoms with van der Waals surface area (Å²) in [6.07, 6.45) is 5.47. The molecule has 1 amide bonds. The highest BCUT2D eigenvalue weighted by molar-refractivity contribution is 5.90. The molecule has 36 heavy (non-hydrogen) atoms. The van der Waals surface area contributed by atoms with Crippen LogP contribution in [-0.4, -0.2) is 49.2 Å². The molecule has 4 aromatic rings. The number of carbonyl (C=O) groups is 1. The van der Waals surface area contributed by atoms with Gasteiger partial charge in [-0.3, -0.25) is 4.79 Å². The number of halogens is 1. The van der Waals surface area contributed by atoms with Crippen LogP contribution in [-0.2, 0) is 4.79 Å². The number of aromatic nitrogens is 5. The highest BCUT2D eigenvalue weighted by atomic mass is 19.1. The number of aryl methyl sites for hydroxylation is 1. The second-order valence-electron chi connectivity index (χ2n) is 9.81. The molecule has 3 aromatic heterocycles. The second-order valence-corrected chi connectivity index (χ2v) is 9.81. The van der Waals surface area contributed by atoms with E-state index in [1.165, 1.54) is 6.07 Å². The molecule has 0 bridgehead atoms. The van der Waals surface area contributed by atoms with Crippen LogP contribution in [0, 0.1) is 12.7 Å². The highest BCUT2D eigenvalue weighted by Gasteiger charge is 2.24. The fourth-order valence-electron chi connectivity index (χ4n) is 5.36. The molecule has 0 saturated heterocycles. The molecular formula is C26H32FN7O2. The maximum atomic E-state index is 15.1. The lowest BCUT2D eigenvalue weighted by atomic mass is 9.91. The third kappa shape index (κ3) is 4.36. The number of benzene rings is 1. The number of carbonyl (C=O) groups excluding carboxylic acids is 1. The molecule has 1 aliphatic rings. The maximum Gasteiger partial charge on any atom is 0.244 e. The summed E-state index contributed by atoms with van der Waals surface area (Å²) in [5, 5.41) is 11.1. The molecule has 1 saturated carbocycles. The molecule has 0 radical (unpaired) electrons. The van der Waals surface area contributed by atoms with Gasteiger partial charge >= 0.3 is 0 Å². The van der Waals surface area contributed by atoms with Gasteiger partial charge in [0.2, 0.25) is 17.7 Å². The average molecular weight is 494 g/mol. The van der Waals surface area contributed by atoms with Gasteiger partial charge in [0.1, 0.15) is 16.9 Å². The van der Waals surface area contributed by atoms with E-state index in [2.05, 4.69) is 39.5 Å². The fourth-order valence-corrected chi connectivity index (χ4v) is 5.36. The summed E-state index contributed by atoms with van der Waals surface area (Å²) in [5.74, 6) is 1.31. The molecule has 190 valence electrons. The number of ether oxygens (including phenoxy) is 1. The van der Waals surface area contributed by atoms with Crippen molar-refractivity contribution in [1.29, 1.82) is 0 Å². The summed E-state index contributed by atoms with van der Waals surface area (Å²) in [4.78, 5) is 20.4. The number of hydrogen-bond donors (Lipinski definition) is 2. The molecule has 0 unspecified atom stereocenters. The van der Waals surface area contributed by atoms with Crippen molar-refractivity contribution in [2.45, 2.75) is 71.5 Å². The van der Waals surface area contributed by atoms with Crippen LogP contribution in [0.5, 0.6) is 5.88 Å². The minimum absolute atomic E-state index is 0.0103. The lowest BCUT2D eigenvalue weighted by Crippen LogP contribution is -2.39. The Hall–Kier alpha value is -3.69. The second kappa shape index (κ2) is 9.40. The first-order chi connectivity index (χ1) is 17.2. The van der Waals surface area contributed by atoms with Crippen molar-refractivity contribution in [3.63, 3.8) is 0 Å². The first-order valence-corrected chi connectivity index (χ1v) is 12.4. The molecule has 2 N–H and O–H groups in total. The zero-order valence-electron chi connectivity index (χ0n) is 21.3. The first kappa shape index (κ1) is 24.0. The fraction of sp³-hybridized carbons (Fsp3) is 0.462. The van der Waals surface area contributed by atoms with Gasteiger partial charge in [-0.15, -0.1) is 5.10 Å². The van der Waals surface area contributed by atoms with Crippen LogP contribution < -0.4 is 15.4 Å². The minimum Gasteiger partial charge on any atom is -0.479 e. The topological polar surface area (TPSA) is 98.4 Å². The van der Waals surface area contributed by atoms with Crippen molar-refractivity contribution in [1.82, 2.24) is 29.5 Å². The zero-order valence-corrected chi connectivity index (χ0v) is 21.3. The lowest BCUT2D eigenvalue weighted by Gasteiger charge is -2.29. The molecule has 10 heteroatoms. The van der Waals surface area contributed by atoms with Crippen LogP contribution >= 0.6 is 0 Å². The summed E-state index contributed by atoms with van der Waals surface area (Å²) in [7, 11) is 1.57. The third-order valence-corrected chi connectivity index (χ3v) is 6.89. The Morgan fingerprint density at radius 1 is 1.17 bits per heavy atom. The standard InChI is InChI=1S/C26H32FN7O2/c1-14(2)34-15(3)28-23-21(27)12-17(13-22(23)34)20-10-11-33-24(20)25(36-5)31-26(32-33)30-19-8-6-18(7-9-19)29-16(4)35/h10-14,18-19H,6-9H2,1-5H3,(H,29,35)(H,30,32)/t18-,19+. The summed E-state index contributed by atoms with van der Waals surface area (Å²) < 4.78 is 24.5. The molecule has 3 heterocycles. The van der Waals surface area contributed by atoms with Gasteiger partial charge < -0.3 is 19.9 Å². The van der Waals surface area contributed by atoms with Crippen molar-refractivity contribution >= 4 is 28.4 Å². The van der Waals surface area contributed by atoms with Crippen molar-refractivity contribution in [3.8, 4) is 17.0 Å². The van der Waals surface area contributed by atoms with E-state index in [1.54, 1.807) is 18.5 Å². The van der Waals surface area contributed by atoms with Gasteiger partial charge in [0.25, 0.3) is 0 Å². The summed E-state index contributed by atoms with van der Waals surface area (Å²) >= 11 is 0. The van der Waals surface area contributed by atoms with Gasteiger partial charge in [0, 0.05) is 36.8 Å². The van der Waals surface area contributed by atoms with Gasteiger partial charge in [-0.1, -0.05) is 0 Å². The molecule has 1 aromatic carbocycles. The van der Waals surface area contributed by atoms with Crippen LogP contribution in [0.1, 0.15) is 58.3 Å². The molecular weight excluding hydrogens is 461 g/mol. The van der Waals surface area contributed by atoms with Gasteiger partial charge in [0.15, 0.2) is 5.82 Å².